The van der Waals surface area contributed by atoms with Crippen LogP contribution in [-0.4, -0.2) is 41.7 Å². The van der Waals surface area contributed by atoms with Crippen molar-refractivity contribution >= 4 is 17.4 Å². The highest BCUT2D eigenvalue weighted by atomic mass is 19.4. The van der Waals surface area contributed by atoms with Crippen LogP contribution in [0.25, 0.3) is 0 Å². The van der Waals surface area contributed by atoms with E-state index in [-0.39, 0.29) is 24.5 Å². The highest BCUT2D eigenvalue weighted by Crippen LogP contribution is 2.70. The number of benzene rings is 2. The lowest BCUT2D eigenvalue weighted by molar-refractivity contribution is -0.362. The molecule has 4 aliphatic rings. The number of carbonyl (C=O) groups excluding carboxylic acids is 2. The lowest BCUT2D eigenvalue weighted by atomic mass is 9.50. The van der Waals surface area contributed by atoms with Gasteiger partial charge >= 0.3 is 18.1 Å². The van der Waals surface area contributed by atoms with Gasteiger partial charge in [0, 0.05) is 30.0 Å². The van der Waals surface area contributed by atoms with Gasteiger partial charge in [-0.3, -0.25) is 4.79 Å². The number of hydrogen-bond donors (Lipinski definition) is 2. The lowest BCUT2D eigenvalue weighted by Gasteiger charge is -2.56. The fourth-order valence-electron chi connectivity index (χ4n) is 8.63. The molecule has 0 radical (unpaired) electrons. The van der Waals surface area contributed by atoms with Crippen LogP contribution in [-0.2, 0) is 16.1 Å². The zero-order valence-electron chi connectivity index (χ0n) is 25.1. The number of nitrogens with one attached hydrogen (secondary N) is 1. The molecule has 0 heterocycles. The van der Waals surface area contributed by atoms with Gasteiger partial charge in [0.25, 0.3) is 0 Å². The third-order valence-corrected chi connectivity index (χ3v) is 10.9. The fraction of sp³-hybridized carbons (Fsp3) is 0.486. The third kappa shape index (κ3) is 5.00. The third-order valence-electron chi connectivity index (χ3n) is 10.9. The van der Waals surface area contributed by atoms with Crippen molar-refractivity contribution in [2.45, 2.75) is 82.0 Å². The molecule has 45 heavy (non-hydrogen) atoms. The standard InChI is InChI=1S/C35H36F5NO4/c1-32-18-28(21-5-3-20(4-6-21)19-41-24-10-7-22(8-11-24)31(43)45-2)30-26-14-12-25(42)17-23(26)9-13-27(30)29(32)15-16-33(32,44)34(36,37)35(38,39)40/h3-8,10-11,17,27-29,41,44H,9,12-16,18-19H2,1-2H3/t27?,28-,29?,32+,33-/m1/s1. The highest BCUT2D eigenvalue weighted by molar-refractivity contribution is 5.93. The summed E-state index contributed by atoms with van der Waals surface area (Å²) in [4.78, 5) is 24.0. The van der Waals surface area contributed by atoms with Crippen molar-refractivity contribution in [3.63, 3.8) is 0 Å². The van der Waals surface area contributed by atoms with Crippen molar-refractivity contribution < 1.29 is 41.4 Å². The van der Waals surface area contributed by atoms with Crippen LogP contribution in [0.15, 0.2) is 71.3 Å². The Labute approximate surface area is 258 Å². The second kappa shape index (κ2) is 11.1. The smallest absolute Gasteiger partial charge is 0.456 e. The summed E-state index contributed by atoms with van der Waals surface area (Å²) in [7, 11) is 1.31. The van der Waals surface area contributed by atoms with E-state index in [1.165, 1.54) is 14.0 Å². The number of hydrogen-bond acceptors (Lipinski definition) is 5. The molecule has 0 bridgehead atoms. The van der Waals surface area contributed by atoms with Gasteiger partial charge in [0.15, 0.2) is 5.78 Å². The average Bonchev–Trinajstić information content (AvgIpc) is 3.30. The number of ketones is 1. The number of alkyl halides is 5. The minimum Gasteiger partial charge on any atom is -0.465 e. The van der Waals surface area contributed by atoms with Gasteiger partial charge in [0.05, 0.1) is 12.7 Å². The first kappa shape index (κ1) is 31.5. The predicted octanol–water partition coefficient (Wildman–Crippen LogP) is 7.91. The van der Waals surface area contributed by atoms with E-state index in [1.54, 1.807) is 30.3 Å². The molecule has 2 saturated carbocycles. The van der Waals surface area contributed by atoms with Crippen LogP contribution in [0.4, 0.5) is 27.6 Å². The molecule has 2 N–H and O–H groups in total. The largest absolute Gasteiger partial charge is 0.465 e. The summed E-state index contributed by atoms with van der Waals surface area (Å²) >= 11 is 0. The number of aliphatic hydroxyl groups is 1. The second-order valence-corrected chi connectivity index (χ2v) is 13.1. The molecule has 6 rings (SSSR count). The van der Waals surface area contributed by atoms with Crippen LogP contribution < -0.4 is 5.32 Å². The van der Waals surface area contributed by atoms with Crippen molar-refractivity contribution in [3.05, 3.63) is 88.0 Å². The van der Waals surface area contributed by atoms with Crippen molar-refractivity contribution in [2.75, 3.05) is 12.4 Å². The Hall–Kier alpha value is -3.53. The van der Waals surface area contributed by atoms with Gasteiger partial charge in [-0.1, -0.05) is 36.8 Å². The van der Waals surface area contributed by atoms with E-state index in [4.69, 9.17) is 4.74 Å². The number of ether oxygens (including phenoxy) is 1. The van der Waals surface area contributed by atoms with Crippen molar-refractivity contribution in [1.29, 1.82) is 0 Å². The molecule has 0 amide bonds. The molecule has 0 saturated heterocycles. The summed E-state index contributed by atoms with van der Waals surface area (Å²) in [6.45, 7) is 1.88. The minimum absolute atomic E-state index is 0.0434. The Morgan fingerprint density at radius 1 is 1.00 bits per heavy atom. The van der Waals surface area contributed by atoms with Crippen LogP contribution in [0.2, 0.25) is 0 Å². The summed E-state index contributed by atoms with van der Waals surface area (Å²) in [5.41, 5.74) is 1.02. The number of fused-ring (bicyclic) bond motifs is 4. The second-order valence-electron chi connectivity index (χ2n) is 13.1. The van der Waals surface area contributed by atoms with Gasteiger partial charge in [-0.15, -0.1) is 0 Å². The average molecular weight is 630 g/mol. The van der Waals surface area contributed by atoms with E-state index in [2.05, 4.69) is 5.32 Å². The molecule has 2 unspecified atom stereocenters. The van der Waals surface area contributed by atoms with E-state index in [9.17, 15) is 27.9 Å². The van der Waals surface area contributed by atoms with Crippen molar-refractivity contribution in [3.8, 4) is 0 Å². The van der Waals surface area contributed by atoms with E-state index >= 15 is 8.78 Å². The molecule has 0 spiro atoms. The number of esters is 1. The summed E-state index contributed by atoms with van der Waals surface area (Å²) in [5.74, 6) is -6.94. The lowest BCUT2D eigenvalue weighted by Crippen LogP contribution is -2.65. The number of methoxy groups -OCH3 is 1. The number of carbonyl (C=O) groups is 2. The van der Waals surface area contributed by atoms with E-state index < -0.39 is 47.3 Å². The molecule has 0 aliphatic heterocycles. The molecular weight excluding hydrogens is 593 g/mol. The summed E-state index contributed by atoms with van der Waals surface area (Å²) in [5, 5.41) is 14.7. The van der Waals surface area contributed by atoms with E-state index in [0.29, 0.717) is 37.8 Å². The molecule has 5 nitrogen and oxygen atoms in total. The van der Waals surface area contributed by atoms with E-state index in [0.717, 1.165) is 33.5 Å². The van der Waals surface area contributed by atoms with Crippen molar-refractivity contribution in [2.24, 2.45) is 17.3 Å². The maximum atomic E-state index is 15.2. The quantitative estimate of drug-likeness (QED) is 0.251. The normalized spacial score (nSPS) is 29.8. The van der Waals surface area contributed by atoms with Gasteiger partial charge in [0.1, 0.15) is 5.60 Å². The first-order valence-electron chi connectivity index (χ1n) is 15.3. The number of allylic oxidation sites excluding steroid dienone is 4. The number of halogens is 5. The summed E-state index contributed by atoms with van der Waals surface area (Å²) in [6, 6.07) is 14.4. The molecule has 2 aromatic carbocycles. The Kier molecular flexibility index (Phi) is 7.74. The maximum absolute atomic E-state index is 15.2. The monoisotopic (exact) mass is 629 g/mol. The molecule has 240 valence electrons. The number of rotatable bonds is 6. The van der Waals surface area contributed by atoms with Crippen molar-refractivity contribution in [1.82, 2.24) is 0 Å². The predicted molar refractivity (Wildman–Crippen MR) is 158 cm³/mol. The molecule has 2 fully saturated rings. The van der Waals surface area contributed by atoms with Crippen LogP contribution in [0, 0.1) is 17.3 Å². The first-order chi connectivity index (χ1) is 21.2. The van der Waals surface area contributed by atoms with Crippen LogP contribution in [0.5, 0.6) is 0 Å². The zero-order valence-corrected chi connectivity index (χ0v) is 25.1. The van der Waals surface area contributed by atoms with Gasteiger partial charge in [0.2, 0.25) is 0 Å². The molecular formula is C35H36F5NO4. The summed E-state index contributed by atoms with van der Waals surface area (Å²) in [6.07, 6.45) is -2.85. The zero-order chi connectivity index (χ0) is 32.4. The van der Waals surface area contributed by atoms with Crippen LogP contribution in [0.1, 0.15) is 79.3 Å². The Balaban J connectivity index is 1.34. The Morgan fingerprint density at radius 2 is 1.69 bits per heavy atom. The number of anilines is 1. The van der Waals surface area contributed by atoms with Gasteiger partial charge in [-0.05, 0) is 103 Å². The molecule has 0 aromatic heterocycles. The SMILES string of the molecule is COC(=O)c1ccc(NCc2ccc([C@H]3C[C@@]4(C)C(CC[C@]4(O)C(F)(F)C(F)(F)F)C4CCC5=CC(=O)CCC5=C43)cc2)cc1. The first-order valence-corrected chi connectivity index (χ1v) is 15.3. The topological polar surface area (TPSA) is 75.6 Å². The molecule has 5 atom stereocenters. The van der Waals surface area contributed by atoms with E-state index in [1.807, 2.05) is 24.3 Å². The van der Waals surface area contributed by atoms with Gasteiger partial charge < -0.3 is 15.2 Å². The Morgan fingerprint density at radius 3 is 2.33 bits per heavy atom. The van der Waals surface area contributed by atoms with Gasteiger partial charge in [-0.25, -0.2) is 4.79 Å². The molecule has 4 aliphatic carbocycles. The molecule has 2 aromatic rings. The van der Waals surface area contributed by atoms with Gasteiger partial charge in [-0.2, -0.15) is 22.0 Å². The minimum atomic E-state index is -5.88. The molecule has 10 heteroatoms. The summed E-state index contributed by atoms with van der Waals surface area (Å²) < 4.78 is 76.5. The van der Waals surface area contributed by atoms with Crippen LogP contribution in [0.3, 0.4) is 0 Å². The maximum Gasteiger partial charge on any atom is 0.456 e. The fourth-order valence-corrected chi connectivity index (χ4v) is 8.63. The highest BCUT2D eigenvalue weighted by Gasteiger charge is 2.79. The Bertz CT molecular complexity index is 1560. The van der Waals surface area contributed by atoms with Crippen LogP contribution >= 0.6 is 0 Å².